The number of thiocarbonyl (C=S) groups is 1. The number of anilines is 1. The van der Waals surface area contributed by atoms with Crippen molar-refractivity contribution in [2.24, 2.45) is 0 Å². The Bertz CT molecular complexity index is 498. The van der Waals surface area contributed by atoms with E-state index in [4.69, 9.17) is 12.2 Å². The van der Waals surface area contributed by atoms with Gasteiger partial charge in [0.05, 0.1) is 0 Å². The first-order chi connectivity index (χ1) is 11.0. The lowest BCUT2D eigenvalue weighted by Crippen LogP contribution is -2.48. The zero-order valence-electron chi connectivity index (χ0n) is 14.9. The van der Waals surface area contributed by atoms with Gasteiger partial charge in [0.15, 0.2) is 5.11 Å². The van der Waals surface area contributed by atoms with Crippen LogP contribution in [-0.4, -0.2) is 35.2 Å². The summed E-state index contributed by atoms with van der Waals surface area (Å²) >= 11 is 5.43. The van der Waals surface area contributed by atoms with Crippen molar-refractivity contribution in [3.63, 3.8) is 0 Å². The Balaban J connectivity index is 1.78. The van der Waals surface area contributed by atoms with Crippen molar-refractivity contribution in [3.05, 3.63) is 29.8 Å². The van der Waals surface area contributed by atoms with Crippen molar-refractivity contribution < 1.29 is 0 Å². The Labute approximate surface area is 146 Å². The molecule has 3 nitrogen and oxygen atoms in total. The Kier molecular flexibility index (Phi) is 6.85. The van der Waals surface area contributed by atoms with E-state index in [2.05, 4.69) is 67.5 Å². The van der Waals surface area contributed by atoms with Crippen LogP contribution in [0.2, 0.25) is 0 Å². The number of nitrogens with one attached hydrogen (secondary N) is 2. The van der Waals surface area contributed by atoms with Gasteiger partial charge in [0.2, 0.25) is 0 Å². The fourth-order valence-electron chi connectivity index (χ4n) is 3.26. The largest absolute Gasteiger partial charge is 0.361 e. The second kappa shape index (κ2) is 8.65. The van der Waals surface area contributed by atoms with Gasteiger partial charge in [-0.1, -0.05) is 32.4 Å². The van der Waals surface area contributed by atoms with Crippen molar-refractivity contribution in [1.29, 1.82) is 0 Å². The first kappa shape index (κ1) is 18.2. The number of piperidine rings is 1. The third-order valence-electron chi connectivity index (χ3n) is 4.81. The smallest absolute Gasteiger partial charge is 0.170 e. The van der Waals surface area contributed by atoms with E-state index in [1.165, 1.54) is 31.4 Å². The normalized spacial score (nSPS) is 20.3. The van der Waals surface area contributed by atoms with E-state index >= 15 is 0 Å². The molecular formula is C19H31N3S. The van der Waals surface area contributed by atoms with Gasteiger partial charge in [-0.15, -0.1) is 0 Å². The summed E-state index contributed by atoms with van der Waals surface area (Å²) in [6.07, 6.45) is 4.00. The van der Waals surface area contributed by atoms with Crippen LogP contribution in [0.15, 0.2) is 24.3 Å². The number of hydrogen-bond acceptors (Lipinski definition) is 2. The van der Waals surface area contributed by atoms with Crippen LogP contribution in [0.3, 0.4) is 0 Å². The van der Waals surface area contributed by atoms with E-state index in [9.17, 15) is 0 Å². The van der Waals surface area contributed by atoms with E-state index in [1.807, 2.05) is 0 Å². The van der Waals surface area contributed by atoms with Gasteiger partial charge in [0.25, 0.3) is 0 Å². The van der Waals surface area contributed by atoms with Gasteiger partial charge >= 0.3 is 0 Å². The van der Waals surface area contributed by atoms with Crippen molar-refractivity contribution in [2.75, 3.05) is 18.4 Å². The van der Waals surface area contributed by atoms with Gasteiger partial charge in [0, 0.05) is 24.3 Å². The lowest BCUT2D eigenvalue weighted by molar-refractivity contribution is 0.116. The maximum Gasteiger partial charge on any atom is 0.170 e. The molecule has 0 aromatic heterocycles. The monoisotopic (exact) mass is 333 g/mol. The summed E-state index contributed by atoms with van der Waals surface area (Å²) in [7, 11) is 0. The number of benzene rings is 1. The van der Waals surface area contributed by atoms with Crippen LogP contribution in [0, 0.1) is 0 Å². The van der Waals surface area contributed by atoms with Crippen molar-refractivity contribution in [3.8, 4) is 0 Å². The van der Waals surface area contributed by atoms with Crippen LogP contribution in [0.4, 0.5) is 5.69 Å². The molecule has 0 spiro atoms. The standard InChI is InChI=1S/C19H31N3S/c1-14(2)17-8-10-18(11-9-17)21-19(23)20-13-16(4)22-12-6-5-7-15(22)3/h8-11,14-16H,5-7,12-13H2,1-4H3,(H2,20,21,23)/t15-,16+/m0/s1. The minimum Gasteiger partial charge on any atom is -0.361 e. The summed E-state index contributed by atoms with van der Waals surface area (Å²) in [4.78, 5) is 2.59. The number of rotatable bonds is 5. The van der Waals surface area contributed by atoms with Crippen molar-refractivity contribution in [2.45, 2.75) is 65.0 Å². The summed E-state index contributed by atoms with van der Waals surface area (Å²) in [6, 6.07) is 9.71. The maximum atomic E-state index is 5.43. The summed E-state index contributed by atoms with van der Waals surface area (Å²) < 4.78 is 0. The average molecular weight is 334 g/mol. The molecule has 1 aliphatic heterocycles. The highest BCUT2D eigenvalue weighted by atomic mass is 32.1. The second-order valence-corrected chi connectivity index (χ2v) is 7.45. The van der Waals surface area contributed by atoms with Crippen LogP contribution in [0.1, 0.15) is 58.4 Å². The lowest BCUT2D eigenvalue weighted by atomic mass is 10.0. The summed E-state index contributed by atoms with van der Waals surface area (Å²) in [5.74, 6) is 0.557. The molecule has 2 rings (SSSR count). The first-order valence-corrected chi connectivity index (χ1v) is 9.28. The Morgan fingerprint density at radius 3 is 2.52 bits per heavy atom. The average Bonchev–Trinajstić information content (AvgIpc) is 2.53. The highest BCUT2D eigenvalue weighted by molar-refractivity contribution is 7.80. The molecule has 2 atom stereocenters. The molecule has 0 unspecified atom stereocenters. The zero-order valence-corrected chi connectivity index (χ0v) is 15.7. The van der Waals surface area contributed by atoms with Crippen LogP contribution in [0.5, 0.6) is 0 Å². The molecule has 1 saturated heterocycles. The van der Waals surface area contributed by atoms with E-state index in [0.717, 1.165) is 12.2 Å². The predicted octanol–water partition coefficient (Wildman–Crippen LogP) is 4.36. The minimum atomic E-state index is 0.508. The summed E-state index contributed by atoms with van der Waals surface area (Å²) in [5.41, 5.74) is 2.40. The Hall–Kier alpha value is -1.13. The van der Waals surface area contributed by atoms with Gasteiger partial charge in [-0.05, 0) is 69.1 Å². The van der Waals surface area contributed by atoms with Gasteiger partial charge in [-0.3, -0.25) is 4.90 Å². The quantitative estimate of drug-likeness (QED) is 0.783. The Morgan fingerprint density at radius 1 is 1.22 bits per heavy atom. The molecule has 4 heteroatoms. The fourth-order valence-corrected chi connectivity index (χ4v) is 3.46. The molecule has 0 radical (unpaired) electrons. The highest BCUT2D eigenvalue weighted by Crippen LogP contribution is 2.19. The SMILES string of the molecule is CC(C)c1ccc(NC(=S)NC[C@@H](C)N2CCCC[C@@H]2C)cc1. The van der Waals surface area contributed by atoms with E-state index < -0.39 is 0 Å². The third-order valence-corrected chi connectivity index (χ3v) is 5.06. The summed E-state index contributed by atoms with van der Waals surface area (Å²) in [6.45, 7) is 11.1. The van der Waals surface area contributed by atoms with E-state index in [1.54, 1.807) is 0 Å². The van der Waals surface area contributed by atoms with Crippen molar-refractivity contribution in [1.82, 2.24) is 10.2 Å². The number of hydrogen-bond donors (Lipinski definition) is 2. The molecule has 128 valence electrons. The molecule has 2 N–H and O–H groups in total. The maximum absolute atomic E-state index is 5.43. The molecule has 0 saturated carbocycles. The second-order valence-electron chi connectivity index (χ2n) is 7.04. The first-order valence-electron chi connectivity index (χ1n) is 8.88. The van der Waals surface area contributed by atoms with Gasteiger partial charge in [0.1, 0.15) is 0 Å². The predicted molar refractivity (Wildman–Crippen MR) is 104 cm³/mol. The van der Waals surface area contributed by atoms with Crippen LogP contribution < -0.4 is 10.6 Å². The van der Waals surface area contributed by atoms with Crippen LogP contribution >= 0.6 is 12.2 Å². The molecule has 23 heavy (non-hydrogen) atoms. The number of likely N-dealkylation sites (tertiary alicyclic amines) is 1. The molecular weight excluding hydrogens is 302 g/mol. The van der Waals surface area contributed by atoms with Gasteiger partial charge < -0.3 is 10.6 Å². The van der Waals surface area contributed by atoms with Crippen molar-refractivity contribution >= 4 is 23.0 Å². The lowest BCUT2D eigenvalue weighted by Gasteiger charge is -2.38. The molecule has 1 heterocycles. The van der Waals surface area contributed by atoms with E-state index in [-0.39, 0.29) is 0 Å². The molecule has 0 aliphatic carbocycles. The topological polar surface area (TPSA) is 27.3 Å². The Morgan fingerprint density at radius 2 is 1.91 bits per heavy atom. The van der Waals surface area contributed by atoms with Gasteiger partial charge in [-0.25, -0.2) is 0 Å². The third kappa shape index (κ3) is 5.47. The molecule has 1 aromatic carbocycles. The van der Waals surface area contributed by atoms with E-state index in [0.29, 0.717) is 23.1 Å². The molecule has 1 aromatic rings. The van der Waals surface area contributed by atoms with Gasteiger partial charge in [-0.2, -0.15) is 0 Å². The summed E-state index contributed by atoms with van der Waals surface area (Å²) in [5, 5.41) is 7.35. The molecule has 1 fully saturated rings. The minimum absolute atomic E-state index is 0.508. The molecule has 0 bridgehead atoms. The van der Waals surface area contributed by atoms with Crippen LogP contribution in [0.25, 0.3) is 0 Å². The molecule has 0 amide bonds. The molecule has 1 aliphatic rings. The van der Waals surface area contributed by atoms with Crippen LogP contribution in [-0.2, 0) is 0 Å². The highest BCUT2D eigenvalue weighted by Gasteiger charge is 2.22. The zero-order chi connectivity index (χ0) is 16.8. The fraction of sp³-hybridized carbons (Fsp3) is 0.632. The number of nitrogens with zero attached hydrogens (tertiary/aromatic N) is 1.